The fraction of sp³-hybridized carbons (Fsp3) is 0.769. The fourth-order valence-electron chi connectivity index (χ4n) is 2.14. The highest BCUT2D eigenvalue weighted by molar-refractivity contribution is 5.77. The molecule has 0 saturated heterocycles. The summed E-state index contributed by atoms with van der Waals surface area (Å²) < 4.78 is 0. The molecule has 0 fully saturated rings. The van der Waals surface area contributed by atoms with Crippen LogP contribution in [0.2, 0.25) is 0 Å². The minimum absolute atomic E-state index is 0.251. The predicted molar refractivity (Wildman–Crippen MR) is 66.8 cm³/mol. The Labute approximate surface area is 99.1 Å². The monoisotopic (exact) mass is 224 g/mol. The smallest absolute Gasteiger partial charge is 0.226 e. The van der Waals surface area contributed by atoms with E-state index in [-0.39, 0.29) is 5.91 Å². The molecule has 0 aromatic heterocycles. The normalized spacial score (nSPS) is 20.7. The summed E-state index contributed by atoms with van der Waals surface area (Å²) in [6, 6.07) is 0.968. The molecular formula is C13H24N2O. The maximum Gasteiger partial charge on any atom is 0.226 e. The van der Waals surface area contributed by atoms with Crippen LogP contribution in [-0.2, 0) is 4.79 Å². The Bertz CT molecular complexity index is 261. The van der Waals surface area contributed by atoms with Gasteiger partial charge in [-0.25, -0.2) is 0 Å². The average Bonchev–Trinajstić information content (AvgIpc) is 2.28. The molecule has 3 nitrogen and oxygen atoms in total. The fourth-order valence-corrected chi connectivity index (χ4v) is 2.14. The van der Waals surface area contributed by atoms with E-state index in [1.165, 1.54) is 0 Å². The highest BCUT2D eigenvalue weighted by atomic mass is 16.2. The lowest BCUT2D eigenvalue weighted by Crippen LogP contribution is -2.47. The van der Waals surface area contributed by atoms with Crippen LogP contribution in [0, 0.1) is 0 Å². The van der Waals surface area contributed by atoms with Crippen molar-refractivity contribution in [2.24, 2.45) is 0 Å². The standard InChI is InChI=1S/C13H24N2O/c1-5-7-13(16)14-8-9-15(11(3)4)12(6-2)10-14/h8-9,11-12H,5-7,10H2,1-4H3/t12-/m0/s1. The van der Waals surface area contributed by atoms with E-state index in [4.69, 9.17) is 0 Å². The van der Waals surface area contributed by atoms with Gasteiger partial charge < -0.3 is 9.80 Å². The second kappa shape index (κ2) is 5.92. The van der Waals surface area contributed by atoms with Gasteiger partial charge in [0.15, 0.2) is 0 Å². The Hall–Kier alpha value is -0.990. The van der Waals surface area contributed by atoms with Crippen molar-refractivity contribution in [1.29, 1.82) is 0 Å². The van der Waals surface area contributed by atoms with Crippen LogP contribution in [0.5, 0.6) is 0 Å². The lowest BCUT2D eigenvalue weighted by Gasteiger charge is -2.40. The number of carbonyl (C=O) groups excluding carboxylic acids is 1. The lowest BCUT2D eigenvalue weighted by molar-refractivity contribution is -0.129. The molecule has 1 amide bonds. The first kappa shape index (κ1) is 13.1. The van der Waals surface area contributed by atoms with E-state index in [1.807, 2.05) is 18.0 Å². The van der Waals surface area contributed by atoms with Crippen LogP contribution in [0.4, 0.5) is 0 Å². The molecule has 1 rings (SSSR count). The van der Waals surface area contributed by atoms with Gasteiger partial charge in [-0.2, -0.15) is 0 Å². The van der Waals surface area contributed by atoms with Crippen molar-refractivity contribution >= 4 is 5.91 Å². The van der Waals surface area contributed by atoms with Gasteiger partial charge in [0.1, 0.15) is 0 Å². The summed E-state index contributed by atoms with van der Waals surface area (Å²) in [6.07, 6.45) is 6.66. The molecule has 0 bridgehead atoms. The van der Waals surface area contributed by atoms with E-state index in [0.29, 0.717) is 18.5 Å². The van der Waals surface area contributed by atoms with E-state index in [1.54, 1.807) is 0 Å². The van der Waals surface area contributed by atoms with Crippen LogP contribution in [-0.4, -0.2) is 34.3 Å². The van der Waals surface area contributed by atoms with Gasteiger partial charge >= 0.3 is 0 Å². The summed E-state index contributed by atoms with van der Waals surface area (Å²) in [6.45, 7) is 9.45. The van der Waals surface area contributed by atoms with Crippen molar-refractivity contribution in [2.45, 2.75) is 59.0 Å². The zero-order valence-corrected chi connectivity index (χ0v) is 10.9. The Kier molecular flexibility index (Phi) is 4.84. The molecule has 92 valence electrons. The number of carbonyl (C=O) groups is 1. The highest BCUT2D eigenvalue weighted by Crippen LogP contribution is 2.17. The minimum Gasteiger partial charge on any atom is -0.369 e. The summed E-state index contributed by atoms with van der Waals surface area (Å²) in [5.41, 5.74) is 0. The molecule has 0 saturated carbocycles. The van der Waals surface area contributed by atoms with Crippen LogP contribution in [0.25, 0.3) is 0 Å². The van der Waals surface area contributed by atoms with Gasteiger partial charge in [-0.3, -0.25) is 4.79 Å². The van der Waals surface area contributed by atoms with Gasteiger partial charge in [0.2, 0.25) is 5.91 Å². The summed E-state index contributed by atoms with van der Waals surface area (Å²) in [4.78, 5) is 16.0. The number of nitrogens with zero attached hydrogens (tertiary/aromatic N) is 2. The van der Waals surface area contributed by atoms with Gasteiger partial charge in [0, 0.05) is 37.4 Å². The quantitative estimate of drug-likeness (QED) is 0.733. The van der Waals surface area contributed by atoms with Gasteiger partial charge in [-0.05, 0) is 26.7 Å². The largest absolute Gasteiger partial charge is 0.369 e. The van der Waals surface area contributed by atoms with Gasteiger partial charge in [0.05, 0.1) is 0 Å². The molecule has 0 aromatic carbocycles. The van der Waals surface area contributed by atoms with Crippen molar-refractivity contribution in [3.63, 3.8) is 0 Å². The summed E-state index contributed by atoms with van der Waals surface area (Å²) in [5, 5.41) is 0. The first-order chi connectivity index (χ1) is 7.60. The van der Waals surface area contributed by atoms with Crippen LogP contribution in [0.15, 0.2) is 12.4 Å². The van der Waals surface area contributed by atoms with Crippen molar-refractivity contribution in [2.75, 3.05) is 6.54 Å². The Morgan fingerprint density at radius 1 is 1.38 bits per heavy atom. The second-order valence-corrected chi connectivity index (χ2v) is 4.70. The van der Waals surface area contributed by atoms with Crippen LogP contribution >= 0.6 is 0 Å². The van der Waals surface area contributed by atoms with Gasteiger partial charge in [0.25, 0.3) is 0 Å². The van der Waals surface area contributed by atoms with Crippen molar-refractivity contribution in [3.8, 4) is 0 Å². The number of hydrogen-bond acceptors (Lipinski definition) is 2. The third-order valence-corrected chi connectivity index (χ3v) is 3.10. The van der Waals surface area contributed by atoms with Crippen molar-refractivity contribution in [3.05, 3.63) is 12.4 Å². The summed E-state index contributed by atoms with van der Waals surface area (Å²) in [7, 11) is 0. The van der Waals surface area contributed by atoms with Crippen LogP contribution in [0.1, 0.15) is 47.0 Å². The third-order valence-electron chi connectivity index (χ3n) is 3.10. The summed E-state index contributed by atoms with van der Waals surface area (Å²) in [5.74, 6) is 0.251. The molecule has 16 heavy (non-hydrogen) atoms. The number of rotatable bonds is 4. The number of amides is 1. The number of hydrogen-bond donors (Lipinski definition) is 0. The topological polar surface area (TPSA) is 23.6 Å². The lowest BCUT2D eigenvalue weighted by atomic mass is 10.1. The zero-order chi connectivity index (χ0) is 12.1. The molecule has 0 radical (unpaired) electrons. The van der Waals surface area contributed by atoms with E-state index < -0.39 is 0 Å². The SMILES string of the molecule is CCCC(=O)N1C=CN(C(C)C)[C@@H](CC)C1. The van der Waals surface area contributed by atoms with E-state index in [0.717, 1.165) is 19.4 Å². The molecule has 0 N–H and O–H groups in total. The van der Waals surface area contributed by atoms with E-state index in [9.17, 15) is 4.79 Å². The molecule has 1 atom stereocenters. The molecule has 0 unspecified atom stereocenters. The Morgan fingerprint density at radius 3 is 2.56 bits per heavy atom. The molecular weight excluding hydrogens is 200 g/mol. The molecule has 1 heterocycles. The van der Waals surface area contributed by atoms with Crippen molar-refractivity contribution < 1.29 is 4.79 Å². The Balaban J connectivity index is 2.68. The molecule has 0 aliphatic carbocycles. The molecule has 1 aliphatic heterocycles. The molecule has 1 aliphatic rings. The molecule has 0 spiro atoms. The minimum atomic E-state index is 0.251. The maximum atomic E-state index is 11.8. The highest BCUT2D eigenvalue weighted by Gasteiger charge is 2.24. The second-order valence-electron chi connectivity index (χ2n) is 4.70. The first-order valence-electron chi connectivity index (χ1n) is 6.35. The molecule has 3 heteroatoms. The van der Waals surface area contributed by atoms with E-state index >= 15 is 0 Å². The van der Waals surface area contributed by atoms with Gasteiger partial charge in [-0.15, -0.1) is 0 Å². The zero-order valence-electron chi connectivity index (χ0n) is 10.9. The van der Waals surface area contributed by atoms with Crippen molar-refractivity contribution in [1.82, 2.24) is 9.80 Å². The van der Waals surface area contributed by atoms with Gasteiger partial charge in [-0.1, -0.05) is 13.8 Å². The molecule has 0 aromatic rings. The predicted octanol–water partition coefficient (Wildman–Crippen LogP) is 2.59. The third kappa shape index (κ3) is 3.00. The first-order valence-corrected chi connectivity index (χ1v) is 6.35. The average molecular weight is 224 g/mol. The maximum absolute atomic E-state index is 11.8. The Morgan fingerprint density at radius 2 is 2.06 bits per heavy atom. The summed E-state index contributed by atoms with van der Waals surface area (Å²) >= 11 is 0. The van der Waals surface area contributed by atoms with Crippen LogP contribution in [0.3, 0.4) is 0 Å². The van der Waals surface area contributed by atoms with Crippen LogP contribution < -0.4 is 0 Å². The van der Waals surface area contributed by atoms with E-state index in [2.05, 4.69) is 31.9 Å².